The molecule has 0 aliphatic carbocycles. The fourth-order valence-corrected chi connectivity index (χ4v) is 2.51. The lowest BCUT2D eigenvalue weighted by Gasteiger charge is -2.03. The molecule has 0 aliphatic heterocycles. The number of amides is 1. The van der Waals surface area contributed by atoms with Crippen molar-refractivity contribution in [1.29, 1.82) is 0 Å². The number of carbonyl (C=O) groups is 1. The molecule has 22 heavy (non-hydrogen) atoms. The van der Waals surface area contributed by atoms with Crippen LogP contribution < -0.4 is 5.32 Å². The molecule has 0 spiro atoms. The van der Waals surface area contributed by atoms with Gasteiger partial charge >= 0.3 is 0 Å². The highest BCUT2D eigenvalue weighted by Gasteiger charge is 2.12. The number of aromatic amines is 1. The van der Waals surface area contributed by atoms with Gasteiger partial charge in [-0.15, -0.1) is 0 Å². The smallest absolute Gasteiger partial charge is 0.253 e. The second-order valence-corrected chi connectivity index (χ2v) is 5.75. The number of H-pyrrole nitrogens is 1. The fourth-order valence-electron chi connectivity index (χ4n) is 2.51. The van der Waals surface area contributed by atoms with Crippen LogP contribution in [0.1, 0.15) is 33.0 Å². The van der Waals surface area contributed by atoms with Crippen LogP contribution in [0.25, 0.3) is 11.0 Å². The molecule has 2 aromatic heterocycles. The van der Waals surface area contributed by atoms with Gasteiger partial charge in [0, 0.05) is 18.9 Å². The van der Waals surface area contributed by atoms with Gasteiger partial charge in [-0.3, -0.25) is 4.79 Å². The van der Waals surface area contributed by atoms with E-state index in [1.807, 2.05) is 30.8 Å². The van der Waals surface area contributed by atoms with Crippen LogP contribution in [-0.4, -0.2) is 20.4 Å². The standard InChI is InChI=1S/C17H20N4O/c1-10-7-14-15(8-11(10)2)20-16(19-14)9-18-17(22)13-5-6-21(4)12(13)3/h5-8H,9H2,1-4H3,(H,18,22)(H,19,20). The third-order valence-electron chi connectivity index (χ3n) is 4.19. The molecule has 3 aromatic rings. The molecular formula is C17H20N4O. The van der Waals surface area contributed by atoms with Gasteiger partial charge in [0.2, 0.25) is 0 Å². The number of aromatic nitrogens is 3. The normalized spacial score (nSPS) is 11.1. The number of nitrogens with zero attached hydrogens (tertiary/aromatic N) is 2. The minimum absolute atomic E-state index is 0.0779. The first-order valence-corrected chi connectivity index (χ1v) is 7.31. The number of benzene rings is 1. The molecule has 0 fully saturated rings. The summed E-state index contributed by atoms with van der Waals surface area (Å²) in [5.41, 5.74) is 6.03. The number of hydrogen-bond donors (Lipinski definition) is 2. The van der Waals surface area contributed by atoms with Crippen LogP contribution in [-0.2, 0) is 13.6 Å². The largest absolute Gasteiger partial charge is 0.354 e. The Morgan fingerprint density at radius 2 is 2.00 bits per heavy atom. The molecule has 0 bridgehead atoms. The Balaban J connectivity index is 1.76. The van der Waals surface area contributed by atoms with E-state index in [0.717, 1.165) is 22.6 Å². The van der Waals surface area contributed by atoms with E-state index in [1.54, 1.807) is 0 Å². The third-order valence-corrected chi connectivity index (χ3v) is 4.19. The van der Waals surface area contributed by atoms with Crippen LogP contribution in [0.2, 0.25) is 0 Å². The number of imidazole rings is 1. The first-order valence-electron chi connectivity index (χ1n) is 7.31. The molecule has 3 rings (SSSR count). The maximum absolute atomic E-state index is 12.2. The summed E-state index contributed by atoms with van der Waals surface area (Å²) in [6.45, 7) is 6.47. The van der Waals surface area contributed by atoms with Crippen LogP contribution in [0, 0.1) is 20.8 Å². The molecule has 5 nitrogen and oxygen atoms in total. The monoisotopic (exact) mass is 296 g/mol. The number of carbonyl (C=O) groups excluding carboxylic acids is 1. The van der Waals surface area contributed by atoms with Crippen molar-refractivity contribution in [3.05, 3.63) is 52.6 Å². The zero-order valence-corrected chi connectivity index (χ0v) is 13.3. The second-order valence-electron chi connectivity index (χ2n) is 5.75. The predicted octanol–water partition coefficient (Wildman–Crippen LogP) is 2.76. The van der Waals surface area contributed by atoms with Crippen molar-refractivity contribution < 1.29 is 4.79 Å². The highest BCUT2D eigenvalue weighted by atomic mass is 16.1. The van der Waals surface area contributed by atoms with Crippen molar-refractivity contribution >= 4 is 16.9 Å². The van der Waals surface area contributed by atoms with Gasteiger partial charge < -0.3 is 14.9 Å². The first kappa shape index (κ1) is 14.4. The molecule has 5 heteroatoms. The maximum Gasteiger partial charge on any atom is 0.253 e. The molecule has 2 heterocycles. The summed E-state index contributed by atoms with van der Waals surface area (Å²) < 4.78 is 1.93. The Kier molecular flexibility index (Phi) is 3.48. The molecule has 0 aliphatic rings. The summed E-state index contributed by atoms with van der Waals surface area (Å²) in [4.78, 5) is 20.0. The molecule has 0 radical (unpaired) electrons. The van der Waals surface area contributed by atoms with Gasteiger partial charge in [0.05, 0.1) is 23.1 Å². The Morgan fingerprint density at radius 1 is 1.27 bits per heavy atom. The predicted molar refractivity (Wildman–Crippen MR) is 86.9 cm³/mol. The number of hydrogen-bond acceptors (Lipinski definition) is 2. The molecule has 1 amide bonds. The van der Waals surface area contributed by atoms with Gasteiger partial charge in [0.25, 0.3) is 5.91 Å². The first-order chi connectivity index (χ1) is 10.5. The highest BCUT2D eigenvalue weighted by molar-refractivity contribution is 5.95. The summed E-state index contributed by atoms with van der Waals surface area (Å²) in [7, 11) is 1.93. The number of nitrogens with one attached hydrogen (secondary N) is 2. The van der Waals surface area contributed by atoms with Gasteiger partial charge in [-0.2, -0.15) is 0 Å². The van der Waals surface area contributed by atoms with E-state index >= 15 is 0 Å². The zero-order chi connectivity index (χ0) is 15.9. The van der Waals surface area contributed by atoms with E-state index in [1.165, 1.54) is 11.1 Å². The zero-order valence-electron chi connectivity index (χ0n) is 13.3. The minimum atomic E-state index is -0.0779. The molecule has 0 saturated heterocycles. The van der Waals surface area contributed by atoms with Gasteiger partial charge in [0.1, 0.15) is 5.82 Å². The van der Waals surface area contributed by atoms with Crippen LogP contribution in [0.15, 0.2) is 24.4 Å². The Bertz CT molecular complexity index is 818. The minimum Gasteiger partial charge on any atom is -0.354 e. The van der Waals surface area contributed by atoms with E-state index in [4.69, 9.17) is 0 Å². The number of aryl methyl sites for hydroxylation is 3. The van der Waals surface area contributed by atoms with Crippen LogP contribution >= 0.6 is 0 Å². The van der Waals surface area contributed by atoms with E-state index in [0.29, 0.717) is 12.1 Å². The number of fused-ring (bicyclic) bond motifs is 1. The van der Waals surface area contributed by atoms with Gasteiger partial charge in [-0.05, 0) is 50.1 Å². The van der Waals surface area contributed by atoms with Crippen LogP contribution in [0.4, 0.5) is 0 Å². The molecule has 114 valence electrons. The van der Waals surface area contributed by atoms with E-state index in [2.05, 4.69) is 41.3 Å². The Labute approximate surface area is 129 Å². The summed E-state index contributed by atoms with van der Waals surface area (Å²) in [5.74, 6) is 0.688. The van der Waals surface area contributed by atoms with Crippen molar-refractivity contribution in [2.75, 3.05) is 0 Å². The quantitative estimate of drug-likeness (QED) is 0.780. The average Bonchev–Trinajstić information content (AvgIpc) is 3.01. The summed E-state index contributed by atoms with van der Waals surface area (Å²) in [6, 6.07) is 5.98. The van der Waals surface area contributed by atoms with Crippen molar-refractivity contribution in [2.24, 2.45) is 7.05 Å². The van der Waals surface area contributed by atoms with Crippen molar-refractivity contribution in [3.8, 4) is 0 Å². The molecule has 0 atom stereocenters. The highest BCUT2D eigenvalue weighted by Crippen LogP contribution is 2.17. The summed E-state index contributed by atoms with van der Waals surface area (Å²) in [5, 5.41) is 2.91. The summed E-state index contributed by atoms with van der Waals surface area (Å²) in [6.07, 6.45) is 1.89. The Hall–Kier alpha value is -2.56. The lowest BCUT2D eigenvalue weighted by atomic mass is 10.1. The maximum atomic E-state index is 12.2. The van der Waals surface area contributed by atoms with Gasteiger partial charge in [-0.1, -0.05) is 0 Å². The van der Waals surface area contributed by atoms with E-state index < -0.39 is 0 Å². The average molecular weight is 296 g/mol. The Morgan fingerprint density at radius 3 is 2.68 bits per heavy atom. The second kappa shape index (κ2) is 5.33. The van der Waals surface area contributed by atoms with Gasteiger partial charge in [0.15, 0.2) is 0 Å². The van der Waals surface area contributed by atoms with Crippen molar-refractivity contribution in [1.82, 2.24) is 19.9 Å². The molecule has 1 aromatic carbocycles. The van der Waals surface area contributed by atoms with Crippen molar-refractivity contribution in [3.63, 3.8) is 0 Å². The lowest BCUT2D eigenvalue weighted by Crippen LogP contribution is -2.23. The summed E-state index contributed by atoms with van der Waals surface area (Å²) >= 11 is 0. The van der Waals surface area contributed by atoms with Crippen molar-refractivity contribution in [2.45, 2.75) is 27.3 Å². The number of rotatable bonds is 3. The molecule has 2 N–H and O–H groups in total. The fraction of sp³-hybridized carbons (Fsp3) is 0.294. The van der Waals surface area contributed by atoms with E-state index in [9.17, 15) is 4.79 Å². The SMILES string of the molecule is Cc1cc2nc(CNC(=O)c3ccn(C)c3C)[nH]c2cc1C. The molecule has 0 saturated carbocycles. The molecular weight excluding hydrogens is 276 g/mol. The lowest BCUT2D eigenvalue weighted by molar-refractivity contribution is 0.0949. The van der Waals surface area contributed by atoms with Crippen LogP contribution in [0.3, 0.4) is 0 Å². The topological polar surface area (TPSA) is 62.7 Å². The van der Waals surface area contributed by atoms with Gasteiger partial charge in [-0.25, -0.2) is 4.98 Å². The van der Waals surface area contributed by atoms with Crippen LogP contribution in [0.5, 0.6) is 0 Å². The third kappa shape index (κ3) is 2.50. The van der Waals surface area contributed by atoms with E-state index in [-0.39, 0.29) is 5.91 Å². The molecule has 0 unspecified atom stereocenters.